The molecule has 0 unspecified atom stereocenters. The first-order valence-corrected chi connectivity index (χ1v) is 18.9. The van der Waals surface area contributed by atoms with Crippen LogP contribution in [0.2, 0.25) is 0 Å². The van der Waals surface area contributed by atoms with Gasteiger partial charge in [0.2, 0.25) is 0 Å². The van der Waals surface area contributed by atoms with Crippen LogP contribution in [0.25, 0.3) is 98.0 Å². The largest absolute Gasteiger partial charge is 0.236 e. The molecule has 0 atom stereocenters. The number of fused-ring (bicyclic) bond motifs is 3. The van der Waals surface area contributed by atoms with Crippen molar-refractivity contribution in [1.82, 2.24) is 4.98 Å². The van der Waals surface area contributed by atoms with E-state index in [-0.39, 0.29) is 0 Å². The zero-order valence-corrected chi connectivity index (χ0v) is 29.7. The van der Waals surface area contributed by atoms with Crippen LogP contribution < -0.4 is 0 Å². The van der Waals surface area contributed by atoms with Crippen molar-refractivity contribution >= 4 is 43.1 Å². The number of rotatable bonds is 6. The van der Waals surface area contributed by atoms with Gasteiger partial charge in [0.1, 0.15) is 5.01 Å². The van der Waals surface area contributed by atoms with Gasteiger partial charge in [-0.25, -0.2) is 4.98 Å². The molecule has 0 aliphatic rings. The van der Waals surface area contributed by atoms with Gasteiger partial charge in [-0.15, -0.1) is 11.3 Å². The Labute approximate surface area is 313 Å². The Hall–Kier alpha value is -6.61. The molecule has 10 rings (SSSR count). The number of benzene rings is 9. The highest BCUT2D eigenvalue weighted by atomic mass is 32.1. The van der Waals surface area contributed by atoms with E-state index >= 15 is 0 Å². The van der Waals surface area contributed by atoms with E-state index in [4.69, 9.17) is 4.98 Å². The monoisotopic (exact) mass is 691 g/mol. The van der Waals surface area contributed by atoms with Crippen molar-refractivity contribution in [2.24, 2.45) is 0 Å². The van der Waals surface area contributed by atoms with Crippen molar-refractivity contribution in [2.75, 3.05) is 0 Å². The molecule has 0 amide bonds. The first-order chi connectivity index (χ1) is 26.3. The lowest BCUT2D eigenvalue weighted by Gasteiger charge is -2.21. The van der Waals surface area contributed by atoms with E-state index in [1.807, 2.05) is 0 Å². The van der Waals surface area contributed by atoms with Gasteiger partial charge in [0, 0.05) is 5.56 Å². The average Bonchev–Trinajstić information content (AvgIpc) is 3.68. The van der Waals surface area contributed by atoms with Crippen LogP contribution in [0.4, 0.5) is 0 Å². The molecule has 0 bridgehead atoms. The number of thiazole rings is 1. The van der Waals surface area contributed by atoms with Crippen LogP contribution in [0, 0.1) is 0 Å². The topological polar surface area (TPSA) is 12.9 Å². The molecule has 53 heavy (non-hydrogen) atoms. The van der Waals surface area contributed by atoms with Crippen molar-refractivity contribution < 1.29 is 0 Å². The fraction of sp³-hybridized carbons (Fsp3) is 0. The Bertz CT molecular complexity index is 2890. The summed E-state index contributed by atoms with van der Waals surface area (Å²) in [5, 5.41) is 6.00. The summed E-state index contributed by atoms with van der Waals surface area (Å²) < 4.78 is 1.21. The molecule has 2 heteroatoms. The Kier molecular flexibility index (Phi) is 7.74. The van der Waals surface area contributed by atoms with Crippen LogP contribution in [-0.2, 0) is 0 Å². The van der Waals surface area contributed by atoms with E-state index in [2.05, 4.69) is 200 Å². The van der Waals surface area contributed by atoms with Gasteiger partial charge < -0.3 is 0 Å². The molecule has 0 radical (unpaired) electrons. The molecule has 248 valence electrons. The van der Waals surface area contributed by atoms with Gasteiger partial charge in [0.05, 0.1) is 10.2 Å². The highest BCUT2D eigenvalue weighted by Gasteiger charge is 2.21. The van der Waals surface area contributed by atoms with Crippen LogP contribution >= 0.6 is 11.3 Å². The Morgan fingerprint density at radius 3 is 1.36 bits per heavy atom. The zero-order valence-electron chi connectivity index (χ0n) is 28.9. The molecule has 0 N–H and O–H groups in total. The predicted octanol–water partition coefficient (Wildman–Crippen LogP) is 14.6. The first kappa shape index (κ1) is 31.2. The summed E-state index contributed by atoms with van der Waals surface area (Å²) in [6, 6.07) is 72.6. The average molecular weight is 692 g/mol. The molecule has 1 heterocycles. The lowest BCUT2D eigenvalue weighted by Crippen LogP contribution is -1.94. The third kappa shape index (κ3) is 5.52. The van der Waals surface area contributed by atoms with E-state index in [0.29, 0.717) is 0 Å². The highest BCUT2D eigenvalue weighted by molar-refractivity contribution is 7.21. The van der Waals surface area contributed by atoms with Crippen molar-refractivity contribution in [3.8, 4) is 66.2 Å². The van der Waals surface area contributed by atoms with Gasteiger partial charge in [0.15, 0.2) is 0 Å². The maximum Gasteiger partial charge on any atom is 0.124 e. The van der Waals surface area contributed by atoms with Crippen LogP contribution in [0.3, 0.4) is 0 Å². The van der Waals surface area contributed by atoms with Crippen LogP contribution in [0.15, 0.2) is 200 Å². The number of para-hydroxylation sites is 1. The van der Waals surface area contributed by atoms with Crippen LogP contribution in [-0.4, -0.2) is 4.98 Å². The van der Waals surface area contributed by atoms with Crippen molar-refractivity contribution in [2.45, 2.75) is 0 Å². The molecule has 0 fully saturated rings. The number of hydrogen-bond donors (Lipinski definition) is 0. The molecular formula is C51H33NS. The van der Waals surface area contributed by atoms with Crippen LogP contribution in [0.1, 0.15) is 0 Å². The maximum atomic E-state index is 4.92. The van der Waals surface area contributed by atoms with E-state index in [1.165, 1.54) is 81.9 Å². The summed E-state index contributed by atoms with van der Waals surface area (Å²) in [5.41, 5.74) is 14.4. The van der Waals surface area contributed by atoms with Gasteiger partial charge in [0.25, 0.3) is 0 Å². The molecule has 0 saturated heterocycles. The van der Waals surface area contributed by atoms with E-state index in [1.54, 1.807) is 11.3 Å². The Morgan fingerprint density at radius 2 is 0.755 bits per heavy atom. The quantitative estimate of drug-likeness (QED) is 0.158. The molecule has 0 spiro atoms. The number of aromatic nitrogens is 1. The molecule has 1 nitrogen and oxygen atoms in total. The molecule has 0 aliphatic carbocycles. The summed E-state index contributed by atoms with van der Waals surface area (Å²) in [4.78, 5) is 4.92. The number of hydrogen-bond acceptors (Lipinski definition) is 2. The predicted molar refractivity (Wildman–Crippen MR) is 227 cm³/mol. The SMILES string of the molecule is c1ccc(-c2ccccc2-c2c3ccccc3c(-c3ccccc3-c3ccccc3)c3cc(-c4ccc(-c5nc6ccccc6s5)cc4)ccc23)cc1. The minimum Gasteiger partial charge on any atom is -0.236 e. The first-order valence-electron chi connectivity index (χ1n) is 18.0. The smallest absolute Gasteiger partial charge is 0.124 e. The lowest BCUT2D eigenvalue weighted by molar-refractivity contribution is 1.48. The van der Waals surface area contributed by atoms with E-state index < -0.39 is 0 Å². The van der Waals surface area contributed by atoms with Gasteiger partial charge in [-0.3, -0.25) is 0 Å². The summed E-state index contributed by atoms with van der Waals surface area (Å²) >= 11 is 1.74. The van der Waals surface area contributed by atoms with Gasteiger partial charge in [-0.05, 0) is 95.4 Å². The molecule has 0 aliphatic heterocycles. The maximum absolute atomic E-state index is 4.92. The minimum absolute atomic E-state index is 1.05. The second kappa shape index (κ2) is 13.2. The summed E-state index contributed by atoms with van der Waals surface area (Å²) in [6.45, 7) is 0. The van der Waals surface area contributed by atoms with E-state index in [9.17, 15) is 0 Å². The molecule has 10 aromatic rings. The standard InChI is InChI=1S/C51H33NS/c1-3-15-35(16-4-1)39-19-7-9-21-41(39)49-43-23-11-12-24-44(43)50(42-22-10-8-20-40(42)36-17-5-2-6-18-36)46-33-38(31-32-45(46)49)34-27-29-37(30-28-34)51-52-47-25-13-14-26-48(47)53-51/h1-33H. The summed E-state index contributed by atoms with van der Waals surface area (Å²) in [6.07, 6.45) is 0. The van der Waals surface area contributed by atoms with Gasteiger partial charge in [-0.2, -0.15) is 0 Å². The second-order valence-corrected chi connectivity index (χ2v) is 14.5. The Balaban J connectivity index is 1.24. The third-order valence-corrected chi connectivity index (χ3v) is 11.4. The fourth-order valence-corrected chi connectivity index (χ4v) is 8.85. The molecule has 0 saturated carbocycles. The van der Waals surface area contributed by atoms with Gasteiger partial charge in [-0.1, -0.05) is 182 Å². The second-order valence-electron chi connectivity index (χ2n) is 13.4. The molecule has 1 aromatic heterocycles. The van der Waals surface area contributed by atoms with Gasteiger partial charge >= 0.3 is 0 Å². The normalized spacial score (nSPS) is 11.4. The highest BCUT2D eigenvalue weighted by Crippen LogP contribution is 2.48. The third-order valence-electron chi connectivity index (χ3n) is 10.3. The fourth-order valence-electron chi connectivity index (χ4n) is 7.88. The van der Waals surface area contributed by atoms with Crippen molar-refractivity contribution in [3.05, 3.63) is 200 Å². The number of nitrogens with zero attached hydrogens (tertiary/aromatic N) is 1. The van der Waals surface area contributed by atoms with Crippen LogP contribution in [0.5, 0.6) is 0 Å². The lowest BCUT2D eigenvalue weighted by atomic mass is 9.81. The van der Waals surface area contributed by atoms with Crippen molar-refractivity contribution in [1.29, 1.82) is 0 Å². The summed E-state index contributed by atoms with van der Waals surface area (Å²) in [5.74, 6) is 0. The minimum atomic E-state index is 1.05. The molecular weight excluding hydrogens is 659 g/mol. The van der Waals surface area contributed by atoms with E-state index in [0.717, 1.165) is 16.1 Å². The molecule has 9 aromatic carbocycles. The Morgan fingerprint density at radius 1 is 0.302 bits per heavy atom. The summed E-state index contributed by atoms with van der Waals surface area (Å²) in [7, 11) is 0. The van der Waals surface area contributed by atoms with Crippen molar-refractivity contribution in [3.63, 3.8) is 0 Å². The zero-order chi connectivity index (χ0) is 35.1.